The van der Waals surface area contributed by atoms with Crippen LogP contribution in [0.25, 0.3) is 16.7 Å². The van der Waals surface area contributed by atoms with E-state index in [0.29, 0.717) is 57.3 Å². The van der Waals surface area contributed by atoms with E-state index >= 15 is 0 Å². The Balaban J connectivity index is 1.30. The summed E-state index contributed by atoms with van der Waals surface area (Å²) in [6.45, 7) is 11.6. The molecule has 0 N–H and O–H groups in total. The number of aryl methyl sites for hydroxylation is 1. The zero-order chi connectivity index (χ0) is 28.0. The summed E-state index contributed by atoms with van der Waals surface area (Å²) >= 11 is 0. The number of amides is 1. The lowest BCUT2D eigenvalue weighted by Crippen LogP contribution is -2.60. The number of carbonyl (C=O) groups is 1. The average Bonchev–Trinajstić information content (AvgIpc) is 3.33. The summed E-state index contributed by atoms with van der Waals surface area (Å²) in [6, 6.07) is 6.88. The Morgan fingerprint density at radius 3 is 2.25 bits per heavy atom. The molecule has 3 aliphatic heterocycles. The van der Waals surface area contributed by atoms with Crippen molar-refractivity contribution in [2.45, 2.75) is 64.1 Å². The van der Waals surface area contributed by atoms with Gasteiger partial charge in [-0.15, -0.1) is 0 Å². The zero-order valence-corrected chi connectivity index (χ0v) is 23.9. The van der Waals surface area contributed by atoms with Gasteiger partial charge in [0.25, 0.3) is 0 Å². The molecule has 3 fully saturated rings. The Bertz CT molecular complexity index is 1370. The summed E-state index contributed by atoms with van der Waals surface area (Å²) in [5.74, 6) is 1.78. The summed E-state index contributed by atoms with van der Waals surface area (Å²) in [5, 5.41) is 5.77. The second-order valence-corrected chi connectivity index (χ2v) is 11.9. The number of ether oxygens (including phenoxy) is 4. The third-order valence-corrected chi connectivity index (χ3v) is 7.91. The molecule has 3 aromatic rings. The van der Waals surface area contributed by atoms with Crippen molar-refractivity contribution < 1.29 is 23.7 Å². The number of piperidine rings is 1. The largest absolute Gasteiger partial charge is 0.467 e. The first kappa shape index (κ1) is 26.8. The van der Waals surface area contributed by atoms with Gasteiger partial charge in [0.1, 0.15) is 11.4 Å². The molecule has 5 heterocycles. The van der Waals surface area contributed by atoms with E-state index in [1.807, 2.05) is 42.6 Å². The summed E-state index contributed by atoms with van der Waals surface area (Å²) < 4.78 is 24.5. The van der Waals surface area contributed by atoms with Gasteiger partial charge in [0.2, 0.25) is 0 Å². The molecule has 214 valence electrons. The maximum atomic E-state index is 12.6. The molecule has 0 unspecified atom stereocenters. The molecule has 2 bridgehead atoms. The number of aromatic nitrogens is 4. The van der Waals surface area contributed by atoms with Crippen molar-refractivity contribution >= 4 is 22.8 Å². The molecular formula is C29H38N6O5. The van der Waals surface area contributed by atoms with Crippen molar-refractivity contribution in [3.05, 3.63) is 35.5 Å². The first-order valence-corrected chi connectivity index (χ1v) is 14.0. The number of benzene rings is 1. The molecular weight excluding hydrogens is 512 g/mol. The molecule has 1 amide bonds. The van der Waals surface area contributed by atoms with Crippen molar-refractivity contribution in [3.63, 3.8) is 0 Å². The number of hydrogen-bond donors (Lipinski definition) is 0. The highest BCUT2D eigenvalue weighted by atomic mass is 16.6. The second-order valence-electron chi connectivity index (χ2n) is 11.9. The van der Waals surface area contributed by atoms with Crippen LogP contribution < -0.4 is 9.64 Å². The first-order chi connectivity index (χ1) is 19.2. The Morgan fingerprint density at radius 2 is 1.62 bits per heavy atom. The molecule has 2 aromatic heterocycles. The third-order valence-electron chi connectivity index (χ3n) is 7.91. The quantitative estimate of drug-likeness (QED) is 0.479. The van der Waals surface area contributed by atoms with Crippen LogP contribution in [0.5, 0.6) is 6.01 Å². The average molecular weight is 551 g/mol. The van der Waals surface area contributed by atoms with Crippen molar-refractivity contribution in [2.75, 3.05) is 51.5 Å². The zero-order valence-electron chi connectivity index (χ0n) is 23.9. The van der Waals surface area contributed by atoms with Crippen LogP contribution in [0.4, 0.5) is 10.6 Å². The molecule has 6 rings (SSSR count). The van der Waals surface area contributed by atoms with Crippen LogP contribution in [-0.2, 0) is 14.2 Å². The molecule has 40 heavy (non-hydrogen) atoms. The SMILES string of the molecule is COc1nc(N2C3COCC2COC3)cc(-n2ncc3cc(C)c(C4CCN(C(=O)OC(C)(C)C)CC4)cc32)n1. The minimum atomic E-state index is -0.494. The van der Waals surface area contributed by atoms with Gasteiger partial charge in [-0.3, -0.25) is 0 Å². The number of hydrogen-bond acceptors (Lipinski definition) is 9. The van der Waals surface area contributed by atoms with Crippen molar-refractivity contribution in [1.82, 2.24) is 24.6 Å². The third kappa shape index (κ3) is 5.19. The molecule has 1 aromatic carbocycles. The van der Waals surface area contributed by atoms with Crippen molar-refractivity contribution in [2.24, 2.45) is 0 Å². The van der Waals surface area contributed by atoms with Crippen LogP contribution in [0.2, 0.25) is 0 Å². The molecule has 3 saturated heterocycles. The van der Waals surface area contributed by atoms with E-state index in [0.717, 1.165) is 29.6 Å². The lowest BCUT2D eigenvalue weighted by atomic mass is 9.86. The van der Waals surface area contributed by atoms with E-state index in [1.54, 1.807) is 7.11 Å². The van der Waals surface area contributed by atoms with Crippen LogP contribution in [0.15, 0.2) is 24.4 Å². The fourth-order valence-corrected chi connectivity index (χ4v) is 6.03. The van der Waals surface area contributed by atoms with Gasteiger partial charge in [-0.05, 0) is 69.7 Å². The van der Waals surface area contributed by atoms with E-state index in [9.17, 15) is 4.79 Å². The van der Waals surface area contributed by atoms with Gasteiger partial charge < -0.3 is 28.7 Å². The minimum Gasteiger partial charge on any atom is -0.467 e. The molecule has 3 aliphatic rings. The van der Waals surface area contributed by atoms with Gasteiger partial charge in [-0.2, -0.15) is 15.1 Å². The van der Waals surface area contributed by atoms with Crippen LogP contribution in [0, 0.1) is 6.92 Å². The number of anilines is 1. The molecule has 0 atom stereocenters. The molecule has 0 saturated carbocycles. The van der Waals surface area contributed by atoms with Crippen LogP contribution in [0.3, 0.4) is 0 Å². The molecule has 11 heteroatoms. The highest BCUT2D eigenvalue weighted by molar-refractivity contribution is 5.82. The van der Waals surface area contributed by atoms with E-state index in [1.165, 1.54) is 11.1 Å². The van der Waals surface area contributed by atoms with E-state index in [2.05, 4.69) is 28.9 Å². The van der Waals surface area contributed by atoms with Gasteiger partial charge >= 0.3 is 12.1 Å². The van der Waals surface area contributed by atoms with E-state index in [4.69, 9.17) is 29.0 Å². The Kier molecular flexibility index (Phi) is 7.03. The topological polar surface area (TPSA) is 104 Å². The lowest BCUT2D eigenvalue weighted by molar-refractivity contribution is -0.0351. The highest BCUT2D eigenvalue weighted by Gasteiger charge is 2.37. The molecule has 0 aliphatic carbocycles. The van der Waals surface area contributed by atoms with Crippen molar-refractivity contribution in [3.8, 4) is 11.8 Å². The van der Waals surface area contributed by atoms with Gasteiger partial charge in [0.05, 0.1) is 57.3 Å². The first-order valence-electron chi connectivity index (χ1n) is 14.0. The maximum absolute atomic E-state index is 12.6. The number of likely N-dealkylation sites (tertiary alicyclic amines) is 1. The normalized spacial score (nSPS) is 22.0. The second kappa shape index (κ2) is 10.5. The van der Waals surface area contributed by atoms with Crippen LogP contribution in [-0.4, -0.2) is 95.1 Å². The van der Waals surface area contributed by atoms with Gasteiger partial charge in [0.15, 0.2) is 5.82 Å². The predicted molar refractivity (Wildman–Crippen MR) is 149 cm³/mol. The smallest absolute Gasteiger partial charge is 0.410 e. The highest BCUT2D eigenvalue weighted by Crippen LogP contribution is 2.35. The van der Waals surface area contributed by atoms with Gasteiger partial charge in [-0.1, -0.05) is 0 Å². The molecule has 0 radical (unpaired) electrons. The number of carbonyl (C=O) groups excluding carboxylic acids is 1. The van der Waals surface area contributed by atoms with E-state index in [-0.39, 0.29) is 18.2 Å². The fourth-order valence-electron chi connectivity index (χ4n) is 6.03. The van der Waals surface area contributed by atoms with Crippen LogP contribution in [0.1, 0.15) is 50.7 Å². The monoisotopic (exact) mass is 550 g/mol. The summed E-state index contributed by atoms with van der Waals surface area (Å²) in [5.41, 5.74) is 2.99. The van der Waals surface area contributed by atoms with Gasteiger partial charge in [0, 0.05) is 24.5 Å². The summed E-state index contributed by atoms with van der Waals surface area (Å²) in [4.78, 5) is 26.0. The van der Waals surface area contributed by atoms with E-state index < -0.39 is 5.60 Å². The summed E-state index contributed by atoms with van der Waals surface area (Å²) in [6.07, 6.45) is 3.41. The minimum absolute atomic E-state index is 0.0927. The lowest BCUT2D eigenvalue weighted by Gasteiger charge is -2.46. The predicted octanol–water partition coefficient (Wildman–Crippen LogP) is 3.85. The Hall–Kier alpha value is -3.44. The summed E-state index contributed by atoms with van der Waals surface area (Å²) in [7, 11) is 1.58. The Labute approximate surface area is 234 Å². The molecule has 11 nitrogen and oxygen atoms in total. The van der Waals surface area contributed by atoms with Gasteiger partial charge in [-0.25, -0.2) is 9.48 Å². The van der Waals surface area contributed by atoms with Crippen LogP contribution >= 0.6 is 0 Å². The number of methoxy groups -OCH3 is 1. The number of nitrogens with zero attached hydrogens (tertiary/aromatic N) is 6. The number of fused-ring (bicyclic) bond motifs is 3. The number of rotatable bonds is 4. The molecule has 0 spiro atoms. The standard InChI is InChI=1S/C29H38N6O5/c1-18-10-20-13-30-35(24(20)11-23(18)19-6-8-33(9-7-19)28(36)40-29(2,3)4)26-12-25(31-27(32-26)37-5)34-21-14-38-16-22(34)17-39-15-21/h10-13,19,21-22H,6-9,14-17H2,1-5H3. The Morgan fingerprint density at radius 1 is 0.975 bits per heavy atom. The maximum Gasteiger partial charge on any atom is 0.410 e. The number of morpholine rings is 2. The fraction of sp³-hybridized carbons (Fsp3) is 0.586. The van der Waals surface area contributed by atoms with Crippen molar-refractivity contribution in [1.29, 1.82) is 0 Å².